The lowest BCUT2D eigenvalue weighted by atomic mass is 9.85. The van der Waals surface area contributed by atoms with Crippen molar-refractivity contribution in [3.63, 3.8) is 0 Å². The van der Waals surface area contributed by atoms with Gasteiger partial charge in [-0.05, 0) is 86.6 Å². The first kappa shape index (κ1) is 55.4. The zero-order valence-electron chi connectivity index (χ0n) is 44.5. The second kappa shape index (κ2) is 24.4. The Balaban J connectivity index is 0.726. The molecule has 5 N–H and O–H groups in total. The second-order valence-electron chi connectivity index (χ2n) is 21.2. The predicted molar refractivity (Wildman–Crippen MR) is 296 cm³/mol. The number of piperazine rings is 1. The molecule has 2 aromatic carbocycles. The van der Waals surface area contributed by atoms with Crippen LogP contribution in [0.15, 0.2) is 95.9 Å². The van der Waals surface area contributed by atoms with Crippen molar-refractivity contribution in [1.82, 2.24) is 49.7 Å². The molecule has 2 saturated heterocycles. The highest BCUT2D eigenvalue weighted by Gasteiger charge is 2.44. The van der Waals surface area contributed by atoms with Gasteiger partial charge in [0.25, 0.3) is 5.56 Å². The number of β-amino-alcohol motifs (C(OH)–C–C–N with tert-alkyl or cyclic N) is 1. The number of hydrogen-bond donors (Lipinski definition) is 5. The number of carbonyl (C=O) groups is 3. The van der Waals surface area contributed by atoms with Crippen LogP contribution in [0.4, 0.5) is 17.3 Å². The van der Waals surface area contributed by atoms with E-state index in [1.165, 1.54) is 15.8 Å². The number of unbranched alkanes of at least 4 members (excludes halogenated alkanes) is 2. The van der Waals surface area contributed by atoms with Gasteiger partial charge in [-0.1, -0.05) is 63.6 Å². The van der Waals surface area contributed by atoms with Crippen molar-refractivity contribution in [2.45, 2.75) is 111 Å². The summed E-state index contributed by atoms with van der Waals surface area (Å²) in [4.78, 5) is 79.7. The van der Waals surface area contributed by atoms with Crippen molar-refractivity contribution in [3.8, 4) is 16.3 Å². The van der Waals surface area contributed by atoms with E-state index in [9.17, 15) is 29.4 Å². The van der Waals surface area contributed by atoms with E-state index in [2.05, 4.69) is 59.4 Å². The Morgan fingerprint density at radius 2 is 1.68 bits per heavy atom. The summed E-state index contributed by atoms with van der Waals surface area (Å²) in [5, 5.41) is 30.8. The number of carbonyl (C=O) groups excluding carboxylic acids is 3. The molecule has 2 fully saturated rings. The lowest BCUT2D eigenvalue weighted by molar-refractivity contribution is -0.144. The minimum Gasteiger partial charge on any atom is -0.391 e. The first-order valence-corrected chi connectivity index (χ1v) is 27.0. The maximum Gasteiger partial charge on any atom is 0.278 e. The maximum atomic E-state index is 14.1. The molecule has 6 heterocycles. The number of thiazole rings is 1. The van der Waals surface area contributed by atoms with Crippen LogP contribution < -0.4 is 26.4 Å². The summed E-state index contributed by atoms with van der Waals surface area (Å²) in [5.74, 6) is -0.188. The molecule has 3 amide bonds. The molecule has 2 unspecified atom stereocenters. The van der Waals surface area contributed by atoms with Crippen LogP contribution in [0.25, 0.3) is 27.3 Å². The number of aryl methyl sites for hydroxylation is 1. The Bertz CT molecular complexity index is 3020. The van der Waals surface area contributed by atoms with Gasteiger partial charge < -0.3 is 40.7 Å². The number of nitrogens with one attached hydrogen (secondary N) is 3. The third kappa shape index (κ3) is 13.6. The Labute approximate surface area is 448 Å². The zero-order chi connectivity index (χ0) is 54.1. The minimum absolute atomic E-state index is 0.0211. The number of ether oxygens (including phenoxy) is 1. The van der Waals surface area contributed by atoms with Crippen LogP contribution in [-0.4, -0.2) is 138 Å². The van der Waals surface area contributed by atoms with Crippen molar-refractivity contribution in [2.24, 2.45) is 5.41 Å². The van der Waals surface area contributed by atoms with Gasteiger partial charge in [0.15, 0.2) is 11.5 Å². The number of allylic oxidation sites excluding steroid dienone is 1. The highest BCUT2D eigenvalue weighted by atomic mass is 32.1. The normalized spacial score (nSPS) is 16.7. The number of anilines is 3. The molecule has 0 bridgehead atoms. The van der Waals surface area contributed by atoms with Crippen molar-refractivity contribution in [3.05, 3.63) is 118 Å². The molecule has 0 aliphatic carbocycles. The lowest BCUT2D eigenvalue weighted by Crippen LogP contribution is -2.57. The number of aliphatic hydroxyl groups is 2. The standard InChI is InChI=1S/C56H72N12O7S/c1-8-24-67-52(72)43-34-58-54(63-50(43)68(67)46-14-12-13-45(61-46)56(6,7)74)60-40-20-22-41(23-21-40)65-27-25-64(26-28-65)29-31-75-30-11-9-10-15-47(70)62-49(55(3,4)5)53(73)66-35-42(69)32-44(66)51(71)57-33-38-16-18-39(19-17-38)48-37(2)59-36-76-48/h8,12-14,16-23,34,36,42,44,49,69,74H,1,9-11,15,24-33,35H2,2-7H3,(H,57,71)(H,62,70)(H,58,60,63)/t42?,44?,49-/m1/s1. The second-order valence-corrected chi connectivity index (χ2v) is 22.1. The molecular weight excluding hydrogens is 985 g/mol. The summed E-state index contributed by atoms with van der Waals surface area (Å²) < 4.78 is 9.13. The molecule has 4 aromatic heterocycles. The summed E-state index contributed by atoms with van der Waals surface area (Å²) in [7, 11) is 0. The molecule has 404 valence electrons. The zero-order valence-corrected chi connectivity index (χ0v) is 45.3. The predicted octanol–water partition coefficient (Wildman–Crippen LogP) is 6.07. The van der Waals surface area contributed by atoms with E-state index in [0.29, 0.717) is 48.1 Å². The average Bonchev–Trinajstić information content (AvgIpc) is 4.18. The van der Waals surface area contributed by atoms with Crippen LogP contribution in [0.2, 0.25) is 0 Å². The summed E-state index contributed by atoms with van der Waals surface area (Å²) in [6.07, 6.45) is 4.95. The summed E-state index contributed by atoms with van der Waals surface area (Å²) in [5.41, 5.74) is 5.40. The monoisotopic (exact) mass is 1060 g/mol. The fourth-order valence-corrected chi connectivity index (χ4v) is 10.4. The number of rotatable bonds is 22. The first-order chi connectivity index (χ1) is 36.4. The van der Waals surface area contributed by atoms with Crippen molar-refractivity contribution < 1.29 is 29.3 Å². The number of nitrogens with zero attached hydrogens (tertiary/aromatic N) is 9. The van der Waals surface area contributed by atoms with Gasteiger partial charge in [-0.15, -0.1) is 17.9 Å². The molecule has 3 atom stereocenters. The van der Waals surface area contributed by atoms with Crippen LogP contribution in [-0.2, 0) is 37.8 Å². The van der Waals surface area contributed by atoms with E-state index in [1.54, 1.807) is 54.1 Å². The number of aromatic nitrogens is 6. The van der Waals surface area contributed by atoms with E-state index in [1.807, 2.05) is 69.6 Å². The summed E-state index contributed by atoms with van der Waals surface area (Å²) in [6.45, 7) is 20.9. The molecule has 0 radical (unpaired) electrons. The molecule has 0 saturated carbocycles. The van der Waals surface area contributed by atoms with Crippen molar-refractivity contribution in [1.29, 1.82) is 0 Å². The molecule has 2 aliphatic heterocycles. The van der Waals surface area contributed by atoms with Crippen molar-refractivity contribution in [2.75, 3.05) is 62.7 Å². The number of hydrogen-bond acceptors (Lipinski definition) is 15. The Kier molecular flexibility index (Phi) is 17.8. The molecule has 76 heavy (non-hydrogen) atoms. The van der Waals surface area contributed by atoms with Gasteiger partial charge in [-0.25, -0.2) is 24.3 Å². The number of benzene rings is 2. The maximum absolute atomic E-state index is 14.1. The van der Waals surface area contributed by atoms with Gasteiger partial charge in [0.05, 0.1) is 41.0 Å². The van der Waals surface area contributed by atoms with E-state index in [0.717, 1.165) is 78.6 Å². The number of amides is 3. The SMILES string of the molecule is C=CCn1c(=O)c2cnc(Nc3ccc(N4CCN(CCOCCCCCC(=O)N[C@H](C(=O)N5CC(O)CC5C(=O)NCc5ccc(-c6scnc6C)cc5)C(C)(C)C)CC4)cc3)nc2n1-c1cccc(C(C)(C)O)n1. The van der Waals surface area contributed by atoms with Crippen LogP contribution in [0.5, 0.6) is 0 Å². The smallest absolute Gasteiger partial charge is 0.278 e. The van der Waals surface area contributed by atoms with Gasteiger partial charge in [-0.2, -0.15) is 4.98 Å². The fraction of sp³-hybridized carbons (Fsp3) is 0.464. The number of aliphatic hydroxyl groups excluding tert-OH is 1. The lowest BCUT2D eigenvalue weighted by Gasteiger charge is -2.36. The highest BCUT2D eigenvalue weighted by Crippen LogP contribution is 2.30. The molecule has 8 rings (SSSR count). The molecule has 0 spiro atoms. The molecule has 6 aromatic rings. The Hall–Kier alpha value is -6.84. The molecule has 20 heteroatoms. The number of likely N-dealkylation sites (tertiary alicyclic amines) is 1. The summed E-state index contributed by atoms with van der Waals surface area (Å²) >= 11 is 1.58. The van der Waals surface area contributed by atoms with E-state index in [4.69, 9.17) is 9.72 Å². The molecular formula is C56H72N12O7S. The number of fused-ring (bicyclic) bond motifs is 1. The molecule has 2 aliphatic rings. The van der Waals surface area contributed by atoms with E-state index >= 15 is 0 Å². The average molecular weight is 1060 g/mol. The minimum atomic E-state index is -1.18. The van der Waals surface area contributed by atoms with Crippen LogP contribution in [0.1, 0.15) is 83.7 Å². The largest absolute Gasteiger partial charge is 0.391 e. The summed E-state index contributed by atoms with van der Waals surface area (Å²) in [6, 6.07) is 19.6. The fourth-order valence-electron chi connectivity index (χ4n) is 9.58. The van der Waals surface area contributed by atoms with Gasteiger partial charge >= 0.3 is 0 Å². The van der Waals surface area contributed by atoms with Gasteiger partial charge in [-0.3, -0.25) is 24.1 Å². The van der Waals surface area contributed by atoms with E-state index in [-0.39, 0.29) is 55.8 Å². The highest BCUT2D eigenvalue weighted by molar-refractivity contribution is 7.13. The third-order valence-electron chi connectivity index (χ3n) is 13.9. The van der Waals surface area contributed by atoms with Crippen LogP contribution in [0, 0.1) is 12.3 Å². The number of pyridine rings is 1. The van der Waals surface area contributed by atoms with Crippen LogP contribution in [0.3, 0.4) is 0 Å². The van der Waals surface area contributed by atoms with Gasteiger partial charge in [0.1, 0.15) is 23.1 Å². The van der Waals surface area contributed by atoms with Gasteiger partial charge in [0.2, 0.25) is 23.7 Å². The van der Waals surface area contributed by atoms with Crippen molar-refractivity contribution >= 4 is 57.4 Å². The Morgan fingerprint density at radius 3 is 2.37 bits per heavy atom. The molecule has 19 nitrogen and oxygen atoms in total. The van der Waals surface area contributed by atoms with Crippen LogP contribution >= 0.6 is 11.3 Å². The first-order valence-electron chi connectivity index (χ1n) is 26.1. The topological polar surface area (TPSA) is 225 Å². The van der Waals surface area contributed by atoms with E-state index < -0.39 is 29.2 Å². The van der Waals surface area contributed by atoms with Gasteiger partial charge in [0, 0.05) is 82.8 Å². The third-order valence-corrected chi connectivity index (χ3v) is 14.9. The Morgan fingerprint density at radius 1 is 0.934 bits per heavy atom. The quantitative estimate of drug-likeness (QED) is 0.0384.